The van der Waals surface area contributed by atoms with Crippen LogP contribution in [-0.4, -0.2) is 18.2 Å². The zero-order chi connectivity index (χ0) is 12.1. The van der Waals surface area contributed by atoms with E-state index in [0.29, 0.717) is 13.2 Å². The summed E-state index contributed by atoms with van der Waals surface area (Å²) in [5.74, 6) is 0. The Hall–Kier alpha value is -0.540. The molecule has 92 valence electrons. The number of hydrogen-bond donors (Lipinski definition) is 1. The predicted molar refractivity (Wildman–Crippen MR) is 74.3 cm³/mol. The van der Waals surface area contributed by atoms with Gasteiger partial charge in [0.25, 0.3) is 0 Å². The first-order valence-electron chi connectivity index (χ1n) is 5.65. The fourth-order valence-corrected chi connectivity index (χ4v) is 4.54. The normalized spacial score (nSPS) is 11.5. The van der Waals surface area contributed by atoms with E-state index in [9.17, 15) is 0 Å². The quantitative estimate of drug-likeness (QED) is 0.780. The highest BCUT2D eigenvalue weighted by molar-refractivity contribution is 8.52. The van der Waals surface area contributed by atoms with Crippen molar-refractivity contribution >= 4 is 29.9 Å². The number of para-hydroxylation sites is 1. The number of rotatable bonds is 6. The van der Waals surface area contributed by atoms with Gasteiger partial charge in [-0.1, -0.05) is 18.2 Å². The lowest BCUT2D eigenvalue weighted by Crippen LogP contribution is -1.86. The lowest BCUT2D eigenvalue weighted by Gasteiger charge is -2.13. The number of aromatic nitrogens is 1. The molecule has 0 aliphatic carbocycles. The number of aromatic amines is 1. The van der Waals surface area contributed by atoms with Gasteiger partial charge in [-0.05, 0) is 31.3 Å². The highest BCUT2D eigenvalue weighted by Crippen LogP contribution is 2.56. The highest BCUT2D eigenvalue weighted by atomic mass is 32.7. The third-order valence-corrected chi connectivity index (χ3v) is 5.48. The summed E-state index contributed by atoms with van der Waals surface area (Å²) in [5.41, 5.74) is 1.15. The average Bonchev–Trinajstić information content (AvgIpc) is 2.74. The summed E-state index contributed by atoms with van der Waals surface area (Å²) >= 11 is 1.66. The molecule has 0 amide bonds. The summed E-state index contributed by atoms with van der Waals surface area (Å²) in [6, 6.07) is 8.26. The number of hydrogen-bond acceptors (Lipinski definition) is 3. The second kappa shape index (κ2) is 6.41. The molecule has 1 heterocycles. The Labute approximate surface area is 107 Å². The van der Waals surface area contributed by atoms with Gasteiger partial charge in [0.05, 0.1) is 13.2 Å². The minimum absolute atomic E-state index is 0.682. The van der Waals surface area contributed by atoms with Crippen LogP contribution in [0.1, 0.15) is 13.8 Å². The minimum Gasteiger partial charge on any atom is -0.360 e. The van der Waals surface area contributed by atoms with E-state index in [1.807, 2.05) is 32.2 Å². The van der Waals surface area contributed by atoms with E-state index in [1.54, 1.807) is 11.4 Å². The molecule has 1 aromatic heterocycles. The van der Waals surface area contributed by atoms with Crippen molar-refractivity contribution in [3.05, 3.63) is 30.5 Å². The smallest absolute Gasteiger partial charge is 0.243 e. The molecular formula is C12H16NO2PS. The van der Waals surface area contributed by atoms with Crippen LogP contribution in [0.25, 0.3) is 10.9 Å². The molecule has 0 fully saturated rings. The van der Waals surface area contributed by atoms with Crippen molar-refractivity contribution in [1.29, 1.82) is 0 Å². The van der Waals surface area contributed by atoms with Crippen LogP contribution in [-0.2, 0) is 9.05 Å². The summed E-state index contributed by atoms with van der Waals surface area (Å²) in [6.07, 6.45) is 2.02. The van der Waals surface area contributed by atoms with Crippen LogP contribution in [0.2, 0.25) is 0 Å². The van der Waals surface area contributed by atoms with Crippen LogP contribution in [0, 0.1) is 0 Å². The van der Waals surface area contributed by atoms with Crippen LogP contribution >= 0.6 is 19.0 Å². The summed E-state index contributed by atoms with van der Waals surface area (Å²) in [5, 5.41) is 1.23. The van der Waals surface area contributed by atoms with Gasteiger partial charge in [0, 0.05) is 22.0 Å². The van der Waals surface area contributed by atoms with E-state index in [0.717, 1.165) is 5.52 Å². The summed E-state index contributed by atoms with van der Waals surface area (Å²) in [4.78, 5) is 4.44. The Morgan fingerprint density at radius 1 is 1.18 bits per heavy atom. The third-order valence-electron chi connectivity index (χ3n) is 2.19. The van der Waals surface area contributed by atoms with Crippen molar-refractivity contribution in [2.24, 2.45) is 0 Å². The third kappa shape index (κ3) is 3.23. The zero-order valence-electron chi connectivity index (χ0n) is 9.97. The number of H-pyrrole nitrogens is 1. The summed E-state index contributed by atoms with van der Waals surface area (Å²) in [6.45, 7) is 5.34. The molecule has 3 nitrogen and oxygen atoms in total. The molecule has 0 atom stereocenters. The fourth-order valence-electron chi connectivity index (χ4n) is 1.50. The molecular weight excluding hydrogens is 253 g/mol. The van der Waals surface area contributed by atoms with Gasteiger partial charge >= 0.3 is 0 Å². The maximum Gasteiger partial charge on any atom is 0.243 e. The second-order valence-electron chi connectivity index (χ2n) is 3.35. The topological polar surface area (TPSA) is 34.2 Å². The highest BCUT2D eigenvalue weighted by Gasteiger charge is 2.14. The molecule has 0 radical (unpaired) electrons. The van der Waals surface area contributed by atoms with Gasteiger partial charge in [0.2, 0.25) is 7.58 Å². The van der Waals surface area contributed by atoms with Crippen LogP contribution in [0.3, 0.4) is 0 Å². The standard InChI is InChI=1S/C12H16NO2PS/c1-3-14-16(15-4-2)17-12-9-13-11-8-6-5-7-10(11)12/h5-9,13H,3-4H2,1-2H3. The number of benzene rings is 1. The Morgan fingerprint density at radius 2 is 1.88 bits per heavy atom. The van der Waals surface area contributed by atoms with Crippen molar-refractivity contribution < 1.29 is 9.05 Å². The van der Waals surface area contributed by atoms with Crippen molar-refractivity contribution in [1.82, 2.24) is 4.98 Å². The molecule has 0 aliphatic heterocycles. The largest absolute Gasteiger partial charge is 0.360 e. The lowest BCUT2D eigenvalue weighted by molar-refractivity contribution is 0.283. The van der Waals surface area contributed by atoms with Crippen LogP contribution in [0.4, 0.5) is 0 Å². The fraction of sp³-hybridized carbons (Fsp3) is 0.333. The molecule has 0 unspecified atom stereocenters. The van der Waals surface area contributed by atoms with E-state index in [4.69, 9.17) is 9.05 Å². The van der Waals surface area contributed by atoms with Gasteiger partial charge in [-0.15, -0.1) is 0 Å². The Morgan fingerprint density at radius 3 is 2.59 bits per heavy atom. The SMILES string of the molecule is CCOP(OCC)Sc1c[nH]c2ccccc12. The predicted octanol–water partition coefficient (Wildman–Crippen LogP) is 4.56. The van der Waals surface area contributed by atoms with E-state index in [1.165, 1.54) is 10.3 Å². The van der Waals surface area contributed by atoms with Gasteiger partial charge in [-0.2, -0.15) is 0 Å². The van der Waals surface area contributed by atoms with Crippen molar-refractivity contribution in [3.63, 3.8) is 0 Å². The first kappa shape index (κ1) is 12.9. The van der Waals surface area contributed by atoms with E-state index in [2.05, 4.69) is 17.1 Å². The molecule has 1 aromatic carbocycles. The van der Waals surface area contributed by atoms with E-state index in [-0.39, 0.29) is 0 Å². The Bertz CT molecular complexity index is 468. The number of fused-ring (bicyclic) bond motifs is 1. The van der Waals surface area contributed by atoms with Crippen LogP contribution < -0.4 is 0 Å². The molecule has 0 aliphatic rings. The molecule has 0 saturated carbocycles. The minimum atomic E-state index is -0.888. The van der Waals surface area contributed by atoms with Crippen molar-refractivity contribution in [2.45, 2.75) is 18.7 Å². The van der Waals surface area contributed by atoms with Crippen molar-refractivity contribution in [2.75, 3.05) is 13.2 Å². The maximum absolute atomic E-state index is 5.60. The first-order chi connectivity index (χ1) is 8.35. The summed E-state index contributed by atoms with van der Waals surface area (Å²) < 4.78 is 11.2. The molecule has 17 heavy (non-hydrogen) atoms. The van der Waals surface area contributed by atoms with Crippen molar-refractivity contribution in [3.8, 4) is 0 Å². The van der Waals surface area contributed by atoms with Crippen LogP contribution in [0.5, 0.6) is 0 Å². The molecule has 2 aromatic rings. The maximum atomic E-state index is 5.60. The Kier molecular flexibility index (Phi) is 4.86. The van der Waals surface area contributed by atoms with Gasteiger partial charge in [0.15, 0.2) is 0 Å². The molecule has 0 saturated heterocycles. The molecule has 5 heteroatoms. The van der Waals surface area contributed by atoms with Gasteiger partial charge in [-0.3, -0.25) is 0 Å². The van der Waals surface area contributed by atoms with Gasteiger partial charge in [-0.25, -0.2) is 0 Å². The average molecular weight is 269 g/mol. The summed E-state index contributed by atoms with van der Waals surface area (Å²) in [7, 11) is -0.888. The van der Waals surface area contributed by atoms with Crippen LogP contribution in [0.15, 0.2) is 35.4 Å². The van der Waals surface area contributed by atoms with E-state index < -0.39 is 7.58 Å². The lowest BCUT2D eigenvalue weighted by atomic mass is 10.2. The molecule has 0 bridgehead atoms. The van der Waals surface area contributed by atoms with E-state index >= 15 is 0 Å². The molecule has 2 rings (SSSR count). The second-order valence-corrected chi connectivity index (χ2v) is 6.38. The van der Waals surface area contributed by atoms with Gasteiger partial charge < -0.3 is 14.0 Å². The zero-order valence-corrected chi connectivity index (χ0v) is 11.7. The molecule has 1 N–H and O–H groups in total. The molecule has 0 spiro atoms. The Balaban J connectivity index is 2.15. The first-order valence-corrected chi connectivity index (χ1v) is 8.25. The monoisotopic (exact) mass is 269 g/mol. The van der Waals surface area contributed by atoms with Gasteiger partial charge in [0.1, 0.15) is 0 Å². The number of nitrogens with one attached hydrogen (secondary N) is 1.